The number of amides is 1. The number of benzene rings is 3. The van der Waals surface area contributed by atoms with E-state index in [-0.39, 0.29) is 11.4 Å². The van der Waals surface area contributed by atoms with Crippen LogP contribution in [-0.2, 0) is 14.3 Å². The lowest BCUT2D eigenvalue weighted by molar-refractivity contribution is -0.152. The van der Waals surface area contributed by atoms with Gasteiger partial charge in [0.2, 0.25) is 6.10 Å². The second-order valence-corrected chi connectivity index (χ2v) is 6.85. The fraction of sp³-hybridized carbons (Fsp3) is 0.0870. The highest BCUT2D eigenvalue weighted by Gasteiger charge is 2.25. The summed E-state index contributed by atoms with van der Waals surface area (Å²) in [5, 5.41) is 10.1. The van der Waals surface area contributed by atoms with Gasteiger partial charge in [-0.2, -0.15) is 5.10 Å². The van der Waals surface area contributed by atoms with Gasteiger partial charge in [-0.05, 0) is 29.8 Å². The number of carbonyl (C=O) groups is 2. The molecule has 0 saturated carbocycles. The molecule has 1 heterocycles. The quantitative estimate of drug-likeness (QED) is 0.456. The maximum absolute atomic E-state index is 14.1. The van der Waals surface area contributed by atoms with E-state index in [1.54, 1.807) is 48.5 Å². The molecule has 4 rings (SSSR count). The summed E-state index contributed by atoms with van der Waals surface area (Å²) in [5.74, 6) is -2.27. The van der Waals surface area contributed by atoms with E-state index in [0.717, 1.165) is 6.07 Å². The van der Waals surface area contributed by atoms with Crippen molar-refractivity contribution in [2.24, 2.45) is 0 Å². The third-order valence-electron chi connectivity index (χ3n) is 4.67. The molecule has 1 atom stereocenters. The third-order valence-corrected chi connectivity index (χ3v) is 4.67. The largest absolute Gasteiger partial charge is 0.447 e. The van der Waals surface area contributed by atoms with Crippen molar-refractivity contribution in [1.82, 2.24) is 10.2 Å². The van der Waals surface area contributed by atoms with Crippen LogP contribution in [0.3, 0.4) is 0 Å². The Morgan fingerprint density at radius 1 is 1.03 bits per heavy atom. The first-order valence-corrected chi connectivity index (χ1v) is 9.39. The Morgan fingerprint density at radius 3 is 2.52 bits per heavy atom. The van der Waals surface area contributed by atoms with Crippen LogP contribution in [0.1, 0.15) is 18.6 Å². The number of esters is 1. The van der Waals surface area contributed by atoms with Crippen LogP contribution in [0.15, 0.2) is 66.7 Å². The number of rotatable bonds is 5. The van der Waals surface area contributed by atoms with Gasteiger partial charge in [0.05, 0.1) is 5.52 Å². The topological polar surface area (TPSA) is 84.1 Å². The average Bonchev–Trinajstić information content (AvgIpc) is 3.14. The van der Waals surface area contributed by atoms with Gasteiger partial charge >= 0.3 is 5.97 Å². The van der Waals surface area contributed by atoms with Gasteiger partial charge in [0, 0.05) is 29.5 Å². The number of halogens is 2. The van der Waals surface area contributed by atoms with E-state index < -0.39 is 29.6 Å². The second-order valence-electron chi connectivity index (χ2n) is 6.85. The van der Waals surface area contributed by atoms with Crippen molar-refractivity contribution in [3.05, 3.63) is 83.9 Å². The van der Waals surface area contributed by atoms with Gasteiger partial charge in [0.1, 0.15) is 11.6 Å². The first-order valence-electron chi connectivity index (χ1n) is 9.39. The van der Waals surface area contributed by atoms with Crippen LogP contribution in [-0.4, -0.2) is 22.1 Å². The number of H-pyrrole nitrogens is 1. The monoisotopic (exact) mass is 421 g/mol. The van der Waals surface area contributed by atoms with Crippen LogP contribution in [0.5, 0.6) is 0 Å². The Hall–Kier alpha value is -4.07. The number of aromatic nitrogens is 2. The van der Waals surface area contributed by atoms with Crippen molar-refractivity contribution in [2.45, 2.75) is 13.0 Å². The summed E-state index contributed by atoms with van der Waals surface area (Å²) in [6.45, 7) is 1.23. The van der Waals surface area contributed by atoms with Crippen molar-refractivity contribution in [2.75, 3.05) is 5.32 Å². The van der Waals surface area contributed by atoms with E-state index in [0.29, 0.717) is 22.0 Å². The number of hydrogen-bond donors (Lipinski definition) is 2. The Kier molecular flexibility index (Phi) is 5.44. The van der Waals surface area contributed by atoms with Crippen molar-refractivity contribution in [3.63, 3.8) is 0 Å². The van der Waals surface area contributed by atoms with E-state index in [1.165, 1.54) is 19.1 Å². The number of ether oxygens (including phenoxy) is 1. The summed E-state index contributed by atoms with van der Waals surface area (Å²) in [6, 6.07) is 16.9. The fourth-order valence-electron chi connectivity index (χ4n) is 3.25. The first kappa shape index (κ1) is 20.2. The molecule has 156 valence electrons. The number of fused-ring (bicyclic) bond motifs is 1. The molecule has 1 amide bonds. The number of carbonyl (C=O) groups excluding carboxylic acids is 2. The van der Waals surface area contributed by atoms with Crippen LogP contribution < -0.4 is 5.32 Å². The normalized spacial score (nSPS) is 11.8. The highest BCUT2D eigenvalue weighted by atomic mass is 19.1. The van der Waals surface area contributed by atoms with Crippen molar-refractivity contribution in [3.8, 4) is 11.1 Å². The molecule has 2 N–H and O–H groups in total. The van der Waals surface area contributed by atoms with Crippen molar-refractivity contribution < 1.29 is 23.1 Å². The molecule has 31 heavy (non-hydrogen) atoms. The predicted octanol–water partition coefficient (Wildman–Crippen LogP) is 4.75. The van der Waals surface area contributed by atoms with E-state index in [1.807, 2.05) is 0 Å². The average molecular weight is 421 g/mol. The summed E-state index contributed by atoms with van der Waals surface area (Å²) in [5.41, 5.74) is 1.82. The number of anilines is 1. The van der Waals surface area contributed by atoms with Gasteiger partial charge in [0.25, 0.3) is 5.91 Å². The third kappa shape index (κ3) is 4.28. The van der Waals surface area contributed by atoms with Crippen LogP contribution in [0.4, 0.5) is 14.6 Å². The number of nitrogens with one attached hydrogen (secondary N) is 2. The molecule has 0 aliphatic rings. The fourth-order valence-corrected chi connectivity index (χ4v) is 3.25. The SMILES string of the molecule is CC(=O)OC(C(=O)Nc1n[nH]c2cc(-c3ccc(F)cc3F)ccc12)c1ccccc1. The minimum atomic E-state index is -1.14. The lowest BCUT2D eigenvalue weighted by Gasteiger charge is -2.16. The van der Waals surface area contributed by atoms with E-state index in [4.69, 9.17) is 4.74 Å². The van der Waals surface area contributed by atoms with E-state index >= 15 is 0 Å². The Morgan fingerprint density at radius 2 is 1.81 bits per heavy atom. The highest BCUT2D eigenvalue weighted by Crippen LogP contribution is 2.30. The summed E-state index contributed by atoms with van der Waals surface area (Å²) in [6.07, 6.45) is -1.14. The van der Waals surface area contributed by atoms with Gasteiger partial charge in [-0.1, -0.05) is 36.4 Å². The Labute approximate surface area is 175 Å². The molecule has 0 saturated heterocycles. The minimum Gasteiger partial charge on any atom is -0.447 e. The molecule has 0 radical (unpaired) electrons. The maximum atomic E-state index is 14.1. The number of aromatic amines is 1. The Bertz CT molecular complexity index is 1270. The summed E-state index contributed by atoms with van der Waals surface area (Å²) in [4.78, 5) is 24.3. The van der Waals surface area contributed by atoms with Crippen molar-refractivity contribution in [1.29, 1.82) is 0 Å². The molecule has 8 heteroatoms. The van der Waals surface area contributed by atoms with Gasteiger partial charge in [-0.25, -0.2) is 8.78 Å². The lowest BCUT2D eigenvalue weighted by atomic mass is 10.0. The molecule has 4 aromatic rings. The standard InChI is InChI=1S/C23H17F2N3O3/c1-13(29)31-21(14-5-3-2-4-6-14)23(30)26-22-18-9-7-15(11-20(18)27-28-22)17-10-8-16(24)12-19(17)25/h2-12,21H,1H3,(H2,26,27,28,30). The number of nitrogens with zero attached hydrogens (tertiary/aromatic N) is 1. The molecule has 1 unspecified atom stereocenters. The van der Waals surface area contributed by atoms with Crippen LogP contribution >= 0.6 is 0 Å². The molecule has 6 nitrogen and oxygen atoms in total. The smallest absolute Gasteiger partial charge is 0.303 e. The molecule has 1 aromatic heterocycles. The molecule has 0 spiro atoms. The van der Waals surface area contributed by atoms with Crippen molar-refractivity contribution >= 4 is 28.6 Å². The first-order chi connectivity index (χ1) is 14.9. The van der Waals surface area contributed by atoms with Gasteiger partial charge < -0.3 is 10.1 Å². The number of hydrogen-bond acceptors (Lipinski definition) is 4. The zero-order chi connectivity index (χ0) is 22.0. The minimum absolute atomic E-state index is 0.235. The summed E-state index contributed by atoms with van der Waals surface area (Å²) in [7, 11) is 0. The van der Waals surface area contributed by atoms with E-state index in [2.05, 4.69) is 15.5 Å². The second kappa shape index (κ2) is 8.35. The van der Waals surface area contributed by atoms with Crippen LogP contribution in [0.2, 0.25) is 0 Å². The zero-order valence-corrected chi connectivity index (χ0v) is 16.4. The van der Waals surface area contributed by atoms with Crippen LogP contribution in [0, 0.1) is 11.6 Å². The zero-order valence-electron chi connectivity index (χ0n) is 16.4. The molecule has 0 bridgehead atoms. The van der Waals surface area contributed by atoms with E-state index in [9.17, 15) is 18.4 Å². The Balaban J connectivity index is 1.62. The highest BCUT2D eigenvalue weighted by molar-refractivity contribution is 6.02. The summed E-state index contributed by atoms with van der Waals surface area (Å²) < 4.78 is 32.5. The predicted molar refractivity (Wildman–Crippen MR) is 111 cm³/mol. The van der Waals surface area contributed by atoms with Gasteiger partial charge in [-0.3, -0.25) is 14.7 Å². The lowest BCUT2D eigenvalue weighted by Crippen LogP contribution is -2.25. The molecule has 3 aromatic carbocycles. The summed E-state index contributed by atoms with van der Waals surface area (Å²) >= 11 is 0. The van der Waals surface area contributed by atoms with Gasteiger partial charge in [0.15, 0.2) is 5.82 Å². The molecular weight excluding hydrogens is 404 g/mol. The molecule has 0 aliphatic heterocycles. The maximum Gasteiger partial charge on any atom is 0.303 e. The molecular formula is C23H17F2N3O3. The van der Waals surface area contributed by atoms with Gasteiger partial charge in [-0.15, -0.1) is 0 Å². The molecule has 0 fully saturated rings. The molecule has 0 aliphatic carbocycles. The van der Waals surface area contributed by atoms with Crippen LogP contribution in [0.25, 0.3) is 22.0 Å².